The Morgan fingerprint density at radius 3 is 2.50 bits per heavy atom. The van der Waals surface area contributed by atoms with E-state index in [4.69, 9.17) is 5.73 Å². The van der Waals surface area contributed by atoms with Crippen LogP contribution in [0.25, 0.3) is 0 Å². The molecule has 1 aliphatic rings. The minimum absolute atomic E-state index is 0.283. The van der Waals surface area contributed by atoms with Crippen LogP contribution in [0.5, 0.6) is 0 Å². The molecule has 88 valence electrons. The summed E-state index contributed by atoms with van der Waals surface area (Å²) in [6, 6.07) is 9.07. The maximum Gasteiger partial charge on any atom is 0.00756 e. The van der Waals surface area contributed by atoms with Crippen molar-refractivity contribution in [3.8, 4) is 0 Å². The van der Waals surface area contributed by atoms with Crippen LogP contribution in [0.4, 0.5) is 0 Å². The molecule has 2 N–H and O–H groups in total. The Morgan fingerprint density at radius 2 is 1.94 bits per heavy atom. The van der Waals surface area contributed by atoms with E-state index in [0.717, 1.165) is 6.54 Å². The van der Waals surface area contributed by atoms with Crippen molar-refractivity contribution in [2.24, 2.45) is 5.73 Å². The highest BCUT2D eigenvalue weighted by Gasteiger charge is 2.34. The fourth-order valence-electron chi connectivity index (χ4n) is 2.89. The Labute approximate surface area is 99.0 Å². The molecule has 0 atom stereocenters. The van der Waals surface area contributed by atoms with Crippen molar-refractivity contribution in [3.63, 3.8) is 0 Å². The summed E-state index contributed by atoms with van der Waals surface area (Å²) < 4.78 is 0. The average molecular weight is 217 g/mol. The highest BCUT2D eigenvalue weighted by Crippen LogP contribution is 2.40. The van der Waals surface area contributed by atoms with Crippen LogP contribution >= 0.6 is 0 Å². The number of benzene rings is 1. The van der Waals surface area contributed by atoms with E-state index < -0.39 is 0 Å². The second-order valence-corrected chi connectivity index (χ2v) is 5.47. The lowest BCUT2D eigenvalue weighted by atomic mass is 9.78. The predicted molar refractivity (Wildman–Crippen MR) is 69.7 cm³/mol. The lowest BCUT2D eigenvalue weighted by Crippen LogP contribution is -2.32. The molecule has 1 aromatic rings. The Morgan fingerprint density at radius 1 is 1.25 bits per heavy atom. The van der Waals surface area contributed by atoms with Gasteiger partial charge in [-0.15, -0.1) is 0 Å². The summed E-state index contributed by atoms with van der Waals surface area (Å²) in [4.78, 5) is 0. The van der Waals surface area contributed by atoms with E-state index >= 15 is 0 Å². The summed E-state index contributed by atoms with van der Waals surface area (Å²) in [6.45, 7) is 5.31. The Hall–Kier alpha value is -0.820. The van der Waals surface area contributed by atoms with Crippen molar-refractivity contribution < 1.29 is 0 Å². The van der Waals surface area contributed by atoms with E-state index in [0.29, 0.717) is 5.92 Å². The molecule has 0 aliphatic heterocycles. The van der Waals surface area contributed by atoms with Gasteiger partial charge in [-0.3, -0.25) is 0 Å². The van der Waals surface area contributed by atoms with Crippen LogP contribution in [0.1, 0.15) is 56.6 Å². The molecule has 0 heterocycles. The quantitative estimate of drug-likeness (QED) is 0.823. The van der Waals surface area contributed by atoms with Crippen molar-refractivity contribution in [2.75, 3.05) is 6.54 Å². The molecule has 0 saturated heterocycles. The van der Waals surface area contributed by atoms with Crippen LogP contribution < -0.4 is 5.73 Å². The zero-order valence-electron chi connectivity index (χ0n) is 10.5. The zero-order chi connectivity index (χ0) is 11.6. The Kier molecular flexibility index (Phi) is 3.34. The summed E-state index contributed by atoms with van der Waals surface area (Å²) in [5.74, 6) is 0.608. The summed E-state index contributed by atoms with van der Waals surface area (Å²) in [7, 11) is 0. The first-order valence-electron chi connectivity index (χ1n) is 6.48. The standard InChI is InChI=1S/C15H23N/c1-12(2)13-6-5-7-14(10-13)15(11-16)8-3-4-9-15/h5-7,10,12H,3-4,8-9,11,16H2,1-2H3. The van der Waals surface area contributed by atoms with E-state index in [9.17, 15) is 0 Å². The Bertz CT molecular complexity index is 348. The molecule has 0 unspecified atom stereocenters. The summed E-state index contributed by atoms with van der Waals surface area (Å²) in [5, 5.41) is 0. The maximum atomic E-state index is 6.03. The van der Waals surface area contributed by atoms with Gasteiger partial charge < -0.3 is 5.73 Å². The molecule has 0 aromatic heterocycles. The third kappa shape index (κ3) is 2.01. The normalized spacial score (nSPS) is 19.2. The number of hydrogen-bond acceptors (Lipinski definition) is 1. The fraction of sp³-hybridized carbons (Fsp3) is 0.600. The van der Waals surface area contributed by atoms with E-state index in [1.165, 1.54) is 36.8 Å². The van der Waals surface area contributed by atoms with Crippen LogP contribution in [0.15, 0.2) is 24.3 Å². The van der Waals surface area contributed by atoms with Crippen molar-refractivity contribution in [1.29, 1.82) is 0 Å². The first-order chi connectivity index (χ1) is 7.68. The molecule has 0 amide bonds. The molecule has 2 rings (SSSR count). The smallest absolute Gasteiger partial charge is 0.00756 e. The monoisotopic (exact) mass is 217 g/mol. The van der Waals surface area contributed by atoms with Gasteiger partial charge in [0.1, 0.15) is 0 Å². The summed E-state index contributed by atoms with van der Waals surface area (Å²) in [6.07, 6.45) is 5.21. The van der Waals surface area contributed by atoms with E-state index in [1.807, 2.05) is 0 Å². The predicted octanol–water partition coefficient (Wildman–Crippen LogP) is 3.58. The molecular formula is C15H23N. The minimum Gasteiger partial charge on any atom is -0.330 e. The fourth-order valence-corrected chi connectivity index (χ4v) is 2.89. The molecule has 1 aromatic carbocycles. The molecule has 0 spiro atoms. The molecule has 1 fully saturated rings. The maximum absolute atomic E-state index is 6.03. The first kappa shape index (κ1) is 11.7. The number of hydrogen-bond donors (Lipinski definition) is 1. The SMILES string of the molecule is CC(C)c1cccc(C2(CN)CCCC2)c1. The van der Waals surface area contributed by atoms with E-state index in [2.05, 4.69) is 38.1 Å². The topological polar surface area (TPSA) is 26.0 Å². The van der Waals surface area contributed by atoms with Gasteiger partial charge in [-0.25, -0.2) is 0 Å². The zero-order valence-corrected chi connectivity index (χ0v) is 10.5. The van der Waals surface area contributed by atoms with Gasteiger partial charge in [0.15, 0.2) is 0 Å². The number of rotatable bonds is 3. The second-order valence-electron chi connectivity index (χ2n) is 5.47. The van der Waals surface area contributed by atoms with Crippen molar-refractivity contribution in [3.05, 3.63) is 35.4 Å². The van der Waals surface area contributed by atoms with Gasteiger partial charge in [-0.1, -0.05) is 51.0 Å². The molecule has 0 bridgehead atoms. The average Bonchev–Trinajstić information content (AvgIpc) is 2.79. The van der Waals surface area contributed by atoms with Gasteiger partial charge in [0.25, 0.3) is 0 Å². The van der Waals surface area contributed by atoms with Crippen LogP contribution in [-0.2, 0) is 5.41 Å². The molecule has 1 saturated carbocycles. The molecule has 1 heteroatoms. The van der Waals surface area contributed by atoms with Crippen LogP contribution in [0.2, 0.25) is 0 Å². The van der Waals surface area contributed by atoms with Gasteiger partial charge in [-0.05, 0) is 29.9 Å². The molecule has 1 aliphatic carbocycles. The van der Waals surface area contributed by atoms with Crippen LogP contribution in [0, 0.1) is 0 Å². The molecule has 1 nitrogen and oxygen atoms in total. The highest BCUT2D eigenvalue weighted by atomic mass is 14.6. The summed E-state index contributed by atoms with van der Waals surface area (Å²) in [5.41, 5.74) is 9.22. The first-order valence-corrected chi connectivity index (χ1v) is 6.48. The van der Waals surface area contributed by atoms with Crippen molar-refractivity contribution in [1.82, 2.24) is 0 Å². The Balaban J connectivity index is 2.35. The second kappa shape index (κ2) is 4.58. The van der Waals surface area contributed by atoms with Gasteiger partial charge in [0, 0.05) is 12.0 Å². The largest absolute Gasteiger partial charge is 0.330 e. The molecule has 0 radical (unpaired) electrons. The lowest BCUT2D eigenvalue weighted by Gasteiger charge is -2.28. The van der Waals surface area contributed by atoms with E-state index in [1.54, 1.807) is 0 Å². The van der Waals surface area contributed by atoms with Gasteiger partial charge in [0.2, 0.25) is 0 Å². The minimum atomic E-state index is 0.283. The summed E-state index contributed by atoms with van der Waals surface area (Å²) >= 11 is 0. The number of nitrogens with two attached hydrogens (primary N) is 1. The van der Waals surface area contributed by atoms with E-state index in [-0.39, 0.29) is 5.41 Å². The molecule has 16 heavy (non-hydrogen) atoms. The van der Waals surface area contributed by atoms with Crippen molar-refractivity contribution in [2.45, 2.75) is 50.9 Å². The van der Waals surface area contributed by atoms with Crippen molar-refractivity contribution >= 4 is 0 Å². The van der Waals surface area contributed by atoms with Crippen LogP contribution in [-0.4, -0.2) is 6.54 Å². The van der Waals surface area contributed by atoms with Gasteiger partial charge >= 0.3 is 0 Å². The lowest BCUT2D eigenvalue weighted by molar-refractivity contribution is 0.452. The molecular weight excluding hydrogens is 194 g/mol. The van der Waals surface area contributed by atoms with Gasteiger partial charge in [-0.2, -0.15) is 0 Å². The third-order valence-corrected chi connectivity index (χ3v) is 4.12. The third-order valence-electron chi connectivity index (χ3n) is 4.12. The highest BCUT2D eigenvalue weighted by molar-refractivity contribution is 5.33. The van der Waals surface area contributed by atoms with Gasteiger partial charge in [0.05, 0.1) is 0 Å². The van der Waals surface area contributed by atoms with Crippen LogP contribution in [0.3, 0.4) is 0 Å².